The van der Waals surface area contributed by atoms with E-state index in [4.69, 9.17) is 4.74 Å². The van der Waals surface area contributed by atoms with E-state index >= 15 is 0 Å². The van der Waals surface area contributed by atoms with Crippen LogP contribution in [0.4, 0.5) is 5.69 Å². The number of aryl methyl sites for hydroxylation is 1. The summed E-state index contributed by atoms with van der Waals surface area (Å²) < 4.78 is 6.06. The van der Waals surface area contributed by atoms with Crippen LogP contribution in [-0.4, -0.2) is 33.0 Å². The Labute approximate surface area is 237 Å². The van der Waals surface area contributed by atoms with Gasteiger partial charge < -0.3 is 20.1 Å². The van der Waals surface area contributed by atoms with Crippen molar-refractivity contribution in [3.8, 4) is 5.75 Å². The fourth-order valence-electron chi connectivity index (χ4n) is 5.64. The van der Waals surface area contributed by atoms with Crippen LogP contribution in [0, 0.1) is 23.0 Å². The van der Waals surface area contributed by atoms with Crippen molar-refractivity contribution in [2.45, 2.75) is 70.2 Å². The van der Waals surface area contributed by atoms with Gasteiger partial charge in [-0.1, -0.05) is 58.9 Å². The lowest BCUT2D eigenvalue weighted by atomic mass is 9.82. The summed E-state index contributed by atoms with van der Waals surface area (Å²) in [6.07, 6.45) is 2.88. The average molecular weight is 566 g/mol. The van der Waals surface area contributed by atoms with Gasteiger partial charge in [0.25, 0.3) is 17.4 Å². The second-order valence-electron chi connectivity index (χ2n) is 9.71. The lowest BCUT2D eigenvalue weighted by molar-refractivity contribution is -0.388. The number of nitro groups is 1. The summed E-state index contributed by atoms with van der Waals surface area (Å²) in [5, 5.41) is 27.5. The summed E-state index contributed by atoms with van der Waals surface area (Å²) >= 11 is 1.42. The Morgan fingerprint density at radius 3 is 2.45 bits per heavy atom. The third-order valence-electron chi connectivity index (χ3n) is 7.61. The predicted octanol–water partition coefficient (Wildman–Crippen LogP) is 6.19. The van der Waals surface area contributed by atoms with E-state index < -0.39 is 33.6 Å². The van der Waals surface area contributed by atoms with E-state index in [0.717, 1.165) is 17.0 Å². The van der Waals surface area contributed by atoms with E-state index in [-0.39, 0.29) is 28.1 Å². The average Bonchev–Trinajstić information content (AvgIpc) is 3.41. The van der Waals surface area contributed by atoms with Crippen molar-refractivity contribution >= 4 is 29.1 Å². The van der Waals surface area contributed by atoms with Crippen LogP contribution in [-0.2, 0) is 11.3 Å². The third-order valence-corrected chi connectivity index (χ3v) is 8.27. The zero-order chi connectivity index (χ0) is 29.6. The Kier molecular flexibility index (Phi) is 7.88. The summed E-state index contributed by atoms with van der Waals surface area (Å²) in [6.45, 7) is 11.9. The number of nitrogens with zero attached hydrogens (tertiary/aromatic N) is 1. The number of carbonyl (C=O) groups excluding carboxylic acids is 2. The minimum Gasteiger partial charge on any atom is -0.454 e. The predicted molar refractivity (Wildman–Crippen MR) is 154 cm³/mol. The van der Waals surface area contributed by atoms with Crippen LogP contribution in [0.1, 0.15) is 90.1 Å². The molecule has 1 amide bonds. The lowest BCUT2D eigenvalue weighted by Crippen LogP contribution is -2.60. The highest BCUT2D eigenvalue weighted by molar-refractivity contribution is 7.98. The maximum atomic E-state index is 14.0. The van der Waals surface area contributed by atoms with Crippen molar-refractivity contribution in [2.24, 2.45) is 5.92 Å². The number of H-pyrrole nitrogens is 1. The Bertz CT molecular complexity index is 1500. The van der Waals surface area contributed by atoms with Crippen LogP contribution in [0.5, 0.6) is 5.75 Å². The lowest BCUT2D eigenvalue weighted by Gasteiger charge is -2.34. The molecule has 6 rings (SSSR count). The first-order valence-corrected chi connectivity index (χ1v) is 14.8. The minimum atomic E-state index is -2.50. The molecule has 4 atom stereocenters. The molecular weight excluding hydrogens is 530 g/mol. The molecule has 3 aliphatic rings. The number of carbonyl (C=O) groups is 2. The molecule has 2 heterocycles. The van der Waals surface area contributed by atoms with Crippen LogP contribution in [0.2, 0.25) is 0 Å². The van der Waals surface area contributed by atoms with E-state index in [9.17, 15) is 24.8 Å². The molecule has 1 fully saturated rings. The summed E-state index contributed by atoms with van der Waals surface area (Å²) in [5.41, 5.74) is -0.736. The minimum absolute atomic E-state index is 0.0643. The number of hydrogen-bond donors (Lipinski definition) is 3. The number of aromatic amines is 1. The summed E-state index contributed by atoms with van der Waals surface area (Å²) in [6, 6.07) is 11.1. The molecule has 9 nitrogen and oxygen atoms in total. The summed E-state index contributed by atoms with van der Waals surface area (Å²) in [5.74, 6) is -2.74. The number of ketones is 1. The number of ether oxygens (including phenoxy) is 1. The molecule has 40 heavy (non-hydrogen) atoms. The number of Topliss-reactive ketones (excluding diaryl/α,β-unsaturated/α-hetero) is 1. The molecule has 4 unspecified atom stereocenters. The zero-order valence-corrected chi connectivity index (χ0v) is 24.6. The van der Waals surface area contributed by atoms with Crippen LogP contribution in [0.15, 0.2) is 47.5 Å². The van der Waals surface area contributed by atoms with Gasteiger partial charge in [-0.15, -0.1) is 11.8 Å². The van der Waals surface area contributed by atoms with Crippen molar-refractivity contribution in [3.63, 3.8) is 0 Å². The molecule has 1 saturated carbocycles. The molecule has 0 radical (unpaired) electrons. The van der Waals surface area contributed by atoms with Crippen molar-refractivity contribution in [1.82, 2.24) is 10.3 Å². The number of aromatic nitrogens is 1. The summed E-state index contributed by atoms with van der Waals surface area (Å²) in [7, 11) is 0. The molecule has 1 aliphatic heterocycles. The van der Waals surface area contributed by atoms with E-state index in [1.165, 1.54) is 30.0 Å². The fraction of sp³-hybridized carbons (Fsp3) is 0.400. The normalized spacial score (nSPS) is 24.8. The van der Waals surface area contributed by atoms with Crippen LogP contribution in [0.3, 0.4) is 0 Å². The van der Waals surface area contributed by atoms with Gasteiger partial charge in [-0.05, 0) is 54.7 Å². The highest BCUT2D eigenvalue weighted by Gasteiger charge is 2.73. The maximum absolute atomic E-state index is 14.0. The first-order chi connectivity index (χ1) is 19.1. The molecule has 2 aliphatic carbocycles. The standard InChI is InChI=1S/C26H23N3O6S.2C2H6/c1-12-9-16(12)14-7-8-17-19(11-14)35-26(32)21-15(5-4-6-18(21)29(33)34)23(30)25(17,26)28-24(31)22-13(2)10-20(27-22)36-3;2*1-2/h4-8,10-12,16,27,32H,9H2,1-3H3,(H,28,31);2*1-2H3. The van der Waals surface area contributed by atoms with Gasteiger partial charge in [0, 0.05) is 17.2 Å². The Hall–Kier alpha value is -3.63. The SMILES string of the molecule is CC.CC.CSc1cc(C)c(C(=O)NC23C(=O)c4cccc([N+](=O)[O-])c4C2(O)Oc2cc(C4CC4C)ccc23)[nH]1. The second kappa shape index (κ2) is 10.7. The number of amides is 1. The number of nitro benzene ring substituents is 1. The number of thioether (sulfide) groups is 1. The van der Waals surface area contributed by atoms with Gasteiger partial charge >= 0.3 is 0 Å². The zero-order valence-electron chi connectivity index (χ0n) is 23.7. The van der Waals surface area contributed by atoms with E-state index in [0.29, 0.717) is 17.4 Å². The Morgan fingerprint density at radius 1 is 1.20 bits per heavy atom. The number of hydrogen-bond acceptors (Lipinski definition) is 7. The van der Waals surface area contributed by atoms with Gasteiger partial charge in [-0.2, -0.15) is 0 Å². The van der Waals surface area contributed by atoms with E-state index in [1.807, 2.05) is 46.1 Å². The largest absolute Gasteiger partial charge is 0.454 e. The molecule has 3 aromatic rings. The number of aliphatic hydroxyl groups is 1. The highest BCUT2D eigenvalue weighted by atomic mass is 32.2. The third kappa shape index (κ3) is 4.12. The van der Waals surface area contributed by atoms with Crippen LogP contribution >= 0.6 is 11.8 Å². The van der Waals surface area contributed by atoms with Gasteiger partial charge in [0.2, 0.25) is 11.3 Å². The van der Waals surface area contributed by atoms with Crippen molar-refractivity contribution in [3.05, 3.63) is 86.1 Å². The molecular formula is C30H35N3O6S. The molecule has 0 bridgehead atoms. The first kappa shape index (κ1) is 29.4. The van der Waals surface area contributed by atoms with Crippen molar-refractivity contribution in [2.75, 3.05) is 6.26 Å². The molecule has 3 N–H and O–H groups in total. The second-order valence-corrected chi connectivity index (χ2v) is 10.6. The number of fused-ring (bicyclic) bond motifs is 5. The van der Waals surface area contributed by atoms with Gasteiger partial charge in [-0.25, -0.2) is 0 Å². The van der Waals surface area contributed by atoms with Gasteiger partial charge in [0.1, 0.15) is 17.0 Å². The molecule has 2 aromatic carbocycles. The fourth-order valence-corrected chi connectivity index (χ4v) is 6.14. The van der Waals surface area contributed by atoms with Crippen molar-refractivity contribution in [1.29, 1.82) is 0 Å². The molecule has 212 valence electrons. The van der Waals surface area contributed by atoms with Crippen LogP contribution in [0.25, 0.3) is 0 Å². The van der Waals surface area contributed by atoms with Gasteiger partial charge in [0.05, 0.1) is 9.95 Å². The van der Waals surface area contributed by atoms with Crippen molar-refractivity contribution < 1.29 is 24.4 Å². The van der Waals surface area contributed by atoms with E-state index in [2.05, 4.69) is 17.2 Å². The number of nitrogens with one attached hydrogen (secondary N) is 2. The number of benzene rings is 2. The van der Waals surface area contributed by atoms with Gasteiger partial charge in [-0.3, -0.25) is 19.7 Å². The first-order valence-electron chi connectivity index (χ1n) is 13.6. The highest BCUT2D eigenvalue weighted by Crippen LogP contribution is 2.61. The maximum Gasteiger partial charge on any atom is 0.280 e. The molecule has 1 aromatic heterocycles. The molecule has 0 saturated heterocycles. The monoisotopic (exact) mass is 565 g/mol. The molecule has 0 spiro atoms. The summed E-state index contributed by atoms with van der Waals surface area (Å²) in [4.78, 5) is 41.9. The smallest absolute Gasteiger partial charge is 0.280 e. The Morgan fingerprint density at radius 2 is 1.88 bits per heavy atom. The molecule has 10 heteroatoms. The van der Waals surface area contributed by atoms with Crippen LogP contribution < -0.4 is 10.1 Å². The number of rotatable bonds is 5. The van der Waals surface area contributed by atoms with E-state index in [1.54, 1.807) is 19.1 Å². The van der Waals surface area contributed by atoms with Gasteiger partial charge in [0.15, 0.2) is 0 Å². The Balaban J connectivity index is 0.000000886. The quantitative estimate of drug-likeness (QED) is 0.191. The topological polar surface area (TPSA) is 135 Å².